The number of nitrogens with zero attached hydrogens (tertiary/aromatic N) is 2. The third-order valence-corrected chi connectivity index (χ3v) is 3.29. The Morgan fingerprint density at radius 1 is 1.24 bits per heavy atom. The van der Waals surface area contributed by atoms with Crippen molar-refractivity contribution in [2.75, 3.05) is 30.9 Å². The summed E-state index contributed by atoms with van der Waals surface area (Å²) >= 11 is 0. The van der Waals surface area contributed by atoms with Crippen LogP contribution in [0, 0.1) is 0 Å². The van der Waals surface area contributed by atoms with Crippen LogP contribution in [0.15, 0.2) is 42.6 Å². The Morgan fingerprint density at radius 3 is 2.86 bits per heavy atom. The van der Waals surface area contributed by atoms with Gasteiger partial charge in [0.1, 0.15) is 11.6 Å². The standard InChI is InChI=1S/C17H23N3O/c1-4-9-18-17-12-15(8-10-19-17)20(2)13-14-6-5-7-16(11-14)21-3/h5-8,10-12H,4,9,13H2,1-3H3,(H,18,19). The van der Waals surface area contributed by atoms with Crippen molar-refractivity contribution in [1.82, 2.24) is 4.98 Å². The molecule has 0 amide bonds. The van der Waals surface area contributed by atoms with Gasteiger partial charge in [0.05, 0.1) is 7.11 Å². The number of methoxy groups -OCH3 is 1. The fourth-order valence-corrected chi connectivity index (χ4v) is 2.14. The van der Waals surface area contributed by atoms with E-state index in [-0.39, 0.29) is 0 Å². The highest BCUT2D eigenvalue weighted by atomic mass is 16.5. The zero-order valence-corrected chi connectivity index (χ0v) is 13.0. The Bertz CT molecular complexity index is 571. The summed E-state index contributed by atoms with van der Waals surface area (Å²) in [5.74, 6) is 1.81. The Morgan fingerprint density at radius 2 is 2.10 bits per heavy atom. The minimum atomic E-state index is 0.828. The molecule has 0 bridgehead atoms. The zero-order valence-electron chi connectivity index (χ0n) is 13.0. The van der Waals surface area contributed by atoms with Crippen molar-refractivity contribution in [1.29, 1.82) is 0 Å². The molecule has 112 valence electrons. The zero-order chi connectivity index (χ0) is 15.1. The van der Waals surface area contributed by atoms with Crippen LogP contribution in [-0.4, -0.2) is 25.7 Å². The number of hydrogen-bond donors (Lipinski definition) is 1. The molecule has 0 aliphatic rings. The third-order valence-electron chi connectivity index (χ3n) is 3.29. The fraction of sp³-hybridized carbons (Fsp3) is 0.353. The second-order valence-electron chi connectivity index (χ2n) is 5.03. The number of benzene rings is 1. The van der Waals surface area contributed by atoms with Crippen LogP contribution in [0.2, 0.25) is 0 Å². The minimum absolute atomic E-state index is 0.828. The predicted octanol–water partition coefficient (Wildman–Crippen LogP) is 3.55. The molecule has 4 nitrogen and oxygen atoms in total. The van der Waals surface area contributed by atoms with Crippen LogP contribution < -0.4 is 15.0 Å². The van der Waals surface area contributed by atoms with Crippen LogP contribution in [0.25, 0.3) is 0 Å². The van der Waals surface area contributed by atoms with E-state index in [1.165, 1.54) is 5.56 Å². The monoisotopic (exact) mass is 285 g/mol. The molecule has 1 heterocycles. The first-order valence-electron chi connectivity index (χ1n) is 7.27. The van der Waals surface area contributed by atoms with E-state index in [4.69, 9.17) is 4.74 Å². The number of nitrogens with one attached hydrogen (secondary N) is 1. The maximum absolute atomic E-state index is 5.27. The van der Waals surface area contributed by atoms with Gasteiger partial charge in [0, 0.05) is 38.1 Å². The van der Waals surface area contributed by atoms with E-state index in [1.807, 2.05) is 24.4 Å². The molecule has 0 fully saturated rings. The van der Waals surface area contributed by atoms with Crippen molar-refractivity contribution < 1.29 is 4.74 Å². The van der Waals surface area contributed by atoms with Crippen LogP contribution >= 0.6 is 0 Å². The van der Waals surface area contributed by atoms with Crippen LogP contribution in [0.4, 0.5) is 11.5 Å². The van der Waals surface area contributed by atoms with Gasteiger partial charge in [0.25, 0.3) is 0 Å². The largest absolute Gasteiger partial charge is 0.497 e. The molecule has 2 aromatic rings. The molecule has 4 heteroatoms. The lowest BCUT2D eigenvalue weighted by atomic mass is 10.2. The summed E-state index contributed by atoms with van der Waals surface area (Å²) in [6, 6.07) is 12.3. The number of rotatable bonds is 7. The Kier molecular flexibility index (Phi) is 5.43. The second-order valence-corrected chi connectivity index (χ2v) is 5.03. The molecule has 1 N–H and O–H groups in total. The second kappa shape index (κ2) is 7.53. The molecule has 0 aliphatic heterocycles. The summed E-state index contributed by atoms with van der Waals surface area (Å²) in [5, 5.41) is 3.31. The lowest BCUT2D eigenvalue weighted by molar-refractivity contribution is 0.414. The van der Waals surface area contributed by atoms with Gasteiger partial charge in [-0.3, -0.25) is 0 Å². The molecule has 1 aromatic heterocycles. The van der Waals surface area contributed by atoms with Gasteiger partial charge in [0.2, 0.25) is 0 Å². The van der Waals surface area contributed by atoms with Gasteiger partial charge in [-0.2, -0.15) is 0 Å². The van der Waals surface area contributed by atoms with Crippen molar-refractivity contribution in [3.05, 3.63) is 48.2 Å². The summed E-state index contributed by atoms with van der Waals surface area (Å²) in [6.07, 6.45) is 2.93. The minimum Gasteiger partial charge on any atom is -0.497 e. The highest BCUT2D eigenvalue weighted by Gasteiger charge is 2.04. The van der Waals surface area contributed by atoms with Crippen molar-refractivity contribution in [3.63, 3.8) is 0 Å². The molecule has 0 saturated carbocycles. The smallest absolute Gasteiger partial charge is 0.127 e. The van der Waals surface area contributed by atoms with Crippen LogP contribution in [0.5, 0.6) is 5.75 Å². The average molecular weight is 285 g/mol. The number of ether oxygens (including phenoxy) is 1. The van der Waals surface area contributed by atoms with Crippen LogP contribution in [0.3, 0.4) is 0 Å². The topological polar surface area (TPSA) is 37.4 Å². The molecule has 0 aliphatic carbocycles. The fourth-order valence-electron chi connectivity index (χ4n) is 2.14. The first-order valence-corrected chi connectivity index (χ1v) is 7.27. The highest BCUT2D eigenvalue weighted by molar-refractivity contribution is 5.53. The predicted molar refractivity (Wildman–Crippen MR) is 88.1 cm³/mol. The summed E-state index contributed by atoms with van der Waals surface area (Å²) in [5.41, 5.74) is 2.36. The number of hydrogen-bond acceptors (Lipinski definition) is 4. The molecule has 0 radical (unpaired) electrons. The Hall–Kier alpha value is -2.23. The van der Waals surface area contributed by atoms with Gasteiger partial charge in [-0.15, -0.1) is 0 Å². The van der Waals surface area contributed by atoms with Gasteiger partial charge < -0.3 is 15.0 Å². The molecule has 0 atom stereocenters. The van der Waals surface area contributed by atoms with Crippen LogP contribution in [-0.2, 0) is 6.54 Å². The molecule has 1 aromatic carbocycles. The van der Waals surface area contributed by atoms with Crippen molar-refractivity contribution in [2.24, 2.45) is 0 Å². The Labute approximate surface area is 126 Å². The molecular weight excluding hydrogens is 262 g/mol. The van der Waals surface area contributed by atoms with Gasteiger partial charge in [-0.1, -0.05) is 19.1 Å². The maximum Gasteiger partial charge on any atom is 0.127 e. The van der Waals surface area contributed by atoms with Crippen molar-refractivity contribution in [3.8, 4) is 5.75 Å². The molecule has 0 unspecified atom stereocenters. The van der Waals surface area contributed by atoms with Gasteiger partial charge in [-0.25, -0.2) is 4.98 Å². The summed E-state index contributed by atoms with van der Waals surface area (Å²) < 4.78 is 5.27. The van der Waals surface area contributed by atoms with Crippen molar-refractivity contribution >= 4 is 11.5 Å². The van der Waals surface area contributed by atoms with E-state index in [1.54, 1.807) is 7.11 Å². The third kappa shape index (κ3) is 4.38. The quantitative estimate of drug-likeness (QED) is 0.844. The molecule has 2 rings (SSSR count). The van der Waals surface area contributed by atoms with Crippen LogP contribution in [0.1, 0.15) is 18.9 Å². The lowest BCUT2D eigenvalue weighted by Crippen LogP contribution is -2.16. The normalized spacial score (nSPS) is 10.2. The lowest BCUT2D eigenvalue weighted by Gasteiger charge is -2.20. The van der Waals surface area contributed by atoms with E-state index in [2.05, 4.69) is 47.4 Å². The maximum atomic E-state index is 5.27. The number of anilines is 2. The van der Waals surface area contributed by atoms with E-state index in [0.717, 1.165) is 36.8 Å². The first kappa shape index (κ1) is 15.2. The van der Waals surface area contributed by atoms with Gasteiger partial charge in [-0.05, 0) is 30.2 Å². The number of pyridine rings is 1. The Balaban J connectivity index is 2.06. The summed E-state index contributed by atoms with van der Waals surface area (Å²) in [6.45, 7) is 3.91. The molecular formula is C17H23N3O. The van der Waals surface area contributed by atoms with E-state index in [0.29, 0.717) is 0 Å². The van der Waals surface area contributed by atoms with Gasteiger partial charge in [0.15, 0.2) is 0 Å². The summed E-state index contributed by atoms with van der Waals surface area (Å²) in [7, 11) is 3.77. The molecule has 0 saturated heterocycles. The summed E-state index contributed by atoms with van der Waals surface area (Å²) in [4.78, 5) is 6.54. The molecule has 0 spiro atoms. The van der Waals surface area contributed by atoms with E-state index < -0.39 is 0 Å². The van der Waals surface area contributed by atoms with E-state index in [9.17, 15) is 0 Å². The first-order chi connectivity index (χ1) is 10.2. The van der Waals surface area contributed by atoms with Crippen molar-refractivity contribution in [2.45, 2.75) is 19.9 Å². The van der Waals surface area contributed by atoms with E-state index >= 15 is 0 Å². The average Bonchev–Trinajstić information content (AvgIpc) is 2.53. The van der Waals surface area contributed by atoms with Gasteiger partial charge >= 0.3 is 0 Å². The molecule has 21 heavy (non-hydrogen) atoms. The SMILES string of the molecule is CCCNc1cc(N(C)Cc2cccc(OC)c2)ccn1. The number of aromatic nitrogens is 1. The highest BCUT2D eigenvalue weighted by Crippen LogP contribution is 2.20.